The Balaban J connectivity index is 1.63. The maximum absolute atomic E-state index is 13.8. The fraction of sp³-hybridized carbons (Fsp3) is 0.286. The lowest BCUT2D eigenvalue weighted by Gasteiger charge is -2.25. The van der Waals surface area contributed by atoms with Crippen LogP contribution in [0.5, 0.6) is 0 Å². The summed E-state index contributed by atoms with van der Waals surface area (Å²) in [6, 6.07) is 11.9. The minimum atomic E-state index is -1.23. The van der Waals surface area contributed by atoms with E-state index in [1.807, 2.05) is 29.8 Å². The van der Waals surface area contributed by atoms with Crippen molar-refractivity contribution in [2.24, 2.45) is 7.05 Å². The molecule has 41 heavy (non-hydrogen) atoms. The van der Waals surface area contributed by atoms with Gasteiger partial charge in [0.2, 0.25) is 11.8 Å². The first-order chi connectivity index (χ1) is 19.4. The van der Waals surface area contributed by atoms with E-state index >= 15 is 0 Å². The standard InChI is InChI=1S/C28H30N6O6S/c1-28(2,3)40-27(39)32-22(17-10-11-21-18(13-17)29-15-34(21)4)24(36)30-19(12-16-8-6-5-7-9-16)23(35)33-26-31-20(14-41-26)25(37)38/h5-11,13-15,19,22H,12H2,1-4H3,(H,30,36)(H,32,39)(H,37,38)(H,31,33,35)/t19?,22-/m0/s1. The van der Waals surface area contributed by atoms with E-state index in [0.29, 0.717) is 11.1 Å². The molecule has 13 heteroatoms. The normalized spacial score (nSPS) is 12.8. The molecule has 2 aromatic carbocycles. The Bertz CT molecular complexity index is 1580. The summed E-state index contributed by atoms with van der Waals surface area (Å²) in [4.78, 5) is 59.3. The van der Waals surface area contributed by atoms with Crippen LogP contribution in [-0.4, -0.2) is 55.2 Å². The molecule has 0 bridgehead atoms. The van der Waals surface area contributed by atoms with E-state index in [2.05, 4.69) is 25.9 Å². The van der Waals surface area contributed by atoms with Crippen molar-refractivity contribution in [1.29, 1.82) is 0 Å². The minimum Gasteiger partial charge on any atom is -0.476 e. The summed E-state index contributed by atoms with van der Waals surface area (Å²) in [5.74, 6) is -2.49. The van der Waals surface area contributed by atoms with Gasteiger partial charge in [-0.05, 0) is 44.0 Å². The Morgan fingerprint density at radius 2 is 1.78 bits per heavy atom. The number of aromatic nitrogens is 3. The van der Waals surface area contributed by atoms with Crippen LogP contribution in [0.2, 0.25) is 0 Å². The van der Waals surface area contributed by atoms with Crippen LogP contribution in [0.1, 0.15) is 48.4 Å². The van der Waals surface area contributed by atoms with Crippen LogP contribution in [0.25, 0.3) is 11.0 Å². The fourth-order valence-electron chi connectivity index (χ4n) is 3.99. The second-order valence-electron chi connectivity index (χ2n) is 10.3. The molecule has 1 unspecified atom stereocenters. The van der Waals surface area contributed by atoms with Crippen molar-refractivity contribution in [1.82, 2.24) is 25.2 Å². The molecule has 0 saturated heterocycles. The Kier molecular flexibility index (Phi) is 8.67. The van der Waals surface area contributed by atoms with E-state index in [1.54, 1.807) is 57.4 Å². The van der Waals surface area contributed by atoms with Crippen molar-refractivity contribution in [3.05, 3.63) is 77.1 Å². The van der Waals surface area contributed by atoms with Gasteiger partial charge in [-0.15, -0.1) is 11.3 Å². The van der Waals surface area contributed by atoms with Crippen LogP contribution in [-0.2, 0) is 27.8 Å². The van der Waals surface area contributed by atoms with Crippen LogP contribution in [0, 0.1) is 0 Å². The van der Waals surface area contributed by atoms with E-state index in [1.165, 1.54) is 5.38 Å². The highest BCUT2D eigenvalue weighted by Gasteiger charge is 2.30. The predicted molar refractivity (Wildman–Crippen MR) is 153 cm³/mol. The Hall–Kier alpha value is -4.78. The molecular formula is C28H30N6O6S. The molecule has 2 aromatic heterocycles. The van der Waals surface area contributed by atoms with Gasteiger partial charge in [0.15, 0.2) is 10.8 Å². The van der Waals surface area contributed by atoms with Crippen molar-refractivity contribution < 1.29 is 29.0 Å². The topological polar surface area (TPSA) is 165 Å². The zero-order valence-electron chi connectivity index (χ0n) is 22.9. The van der Waals surface area contributed by atoms with Crippen molar-refractivity contribution in [3.63, 3.8) is 0 Å². The van der Waals surface area contributed by atoms with Crippen LogP contribution < -0.4 is 16.0 Å². The maximum atomic E-state index is 13.8. The summed E-state index contributed by atoms with van der Waals surface area (Å²) in [7, 11) is 1.84. The van der Waals surface area contributed by atoms with Gasteiger partial charge in [-0.3, -0.25) is 9.59 Å². The van der Waals surface area contributed by atoms with E-state index in [0.717, 1.165) is 22.4 Å². The monoisotopic (exact) mass is 578 g/mol. The summed E-state index contributed by atoms with van der Waals surface area (Å²) in [5, 5.41) is 18.5. The van der Waals surface area contributed by atoms with Gasteiger partial charge < -0.3 is 30.4 Å². The molecule has 12 nitrogen and oxygen atoms in total. The Morgan fingerprint density at radius 3 is 2.44 bits per heavy atom. The number of rotatable bonds is 9. The second kappa shape index (κ2) is 12.2. The average Bonchev–Trinajstić information content (AvgIpc) is 3.53. The van der Waals surface area contributed by atoms with Crippen molar-refractivity contribution in [3.8, 4) is 0 Å². The van der Waals surface area contributed by atoms with Crippen LogP contribution >= 0.6 is 11.3 Å². The van der Waals surface area contributed by atoms with Crippen LogP contribution in [0.15, 0.2) is 60.2 Å². The molecule has 0 aliphatic carbocycles. The SMILES string of the molecule is Cn1cnc2cc([C@H](NC(=O)OC(C)(C)C)C(=O)NC(Cc3ccccc3)C(=O)Nc3nc(C(=O)O)cs3)ccc21. The van der Waals surface area contributed by atoms with Crippen LogP contribution in [0.3, 0.4) is 0 Å². The van der Waals surface area contributed by atoms with Gasteiger partial charge >= 0.3 is 12.1 Å². The van der Waals surface area contributed by atoms with Gasteiger partial charge in [0.1, 0.15) is 17.7 Å². The summed E-state index contributed by atoms with van der Waals surface area (Å²) in [6.07, 6.45) is 0.944. The van der Waals surface area contributed by atoms with E-state index in [4.69, 9.17) is 9.84 Å². The maximum Gasteiger partial charge on any atom is 0.408 e. The smallest absolute Gasteiger partial charge is 0.408 e. The number of alkyl carbamates (subject to hydrolysis) is 1. The summed E-state index contributed by atoms with van der Waals surface area (Å²) in [6.45, 7) is 5.11. The number of carboxylic acid groups (broad SMARTS) is 1. The van der Waals surface area contributed by atoms with Gasteiger partial charge in [-0.25, -0.2) is 19.6 Å². The molecule has 0 radical (unpaired) electrons. The Labute approximate surface area is 239 Å². The zero-order valence-corrected chi connectivity index (χ0v) is 23.7. The van der Waals surface area contributed by atoms with Crippen LogP contribution in [0.4, 0.5) is 9.93 Å². The molecule has 3 amide bonds. The molecule has 4 N–H and O–H groups in total. The first-order valence-corrected chi connectivity index (χ1v) is 13.5. The third-order valence-corrected chi connectivity index (χ3v) is 6.63. The van der Waals surface area contributed by atoms with E-state index in [-0.39, 0.29) is 17.2 Å². The fourth-order valence-corrected chi connectivity index (χ4v) is 4.68. The number of ether oxygens (including phenoxy) is 1. The van der Waals surface area contributed by atoms with Crippen molar-refractivity contribution in [2.45, 2.75) is 44.9 Å². The number of carboxylic acids is 1. The number of hydrogen-bond donors (Lipinski definition) is 4. The van der Waals surface area contributed by atoms with Gasteiger partial charge in [0.25, 0.3) is 0 Å². The van der Waals surface area contributed by atoms with Gasteiger partial charge in [-0.1, -0.05) is 36.4 Å². The van der Waals surface area contributed by atoms with E-state index in [9.17, 15) is 19.2 Å². The number of thiazole rings is 1. The first-order valence-electron chi connectivity index (χ1n) is 12.6. The molecule has 0 aliphatic rings. The number of fused-ring (bicyclic) bond motifs is 1. The predicted octanol–water partition coefficient (Wildman–Crippen LogP) is 3.66. The average molecular weight is 579 g/mol. The molecule has 0 fully saturated rings. The summed E-state index contributed by atoms with van der Waals surface area (Å²) >= 11 is 0.950. The van der Waals surface area contributed by atoms with Crippen molar-refractivity contribution >= 4 is 51.4 Å². The minimum absolute atomic E-state index is 0.0729. The number of nitrogens with zero attached hydrogens (tertiary/aromatic N) is 3. The lowest BCUT2D eigenvalue weighted by Crippen LogP contribution is -2.50. The number of aryl methyl sites for hydroxylation is 1. The molecular weight excluding hydrogens is 548 g/mol. The molecule has 2 atom stereocenters. The highest BCUT2D eigenvalue weighted by Crippen LogP contribution is 2.22. The highest BCUT2D eigenvalue weighted by molar-refractivity contribution is 7.14. The summed E-state index contributed by atoms with van der Waals surface area (Å²) < 4.78 is 7.22. The molecule has 4 rings (SSSR count). The number of carbonyl (C=O) groups is 4. The zero-order chi connectivity index (χ0) is 29.7. The number of hydrogen-bond acceptors (Lipinski definition) is 8. The molecule has 214 valence electrons. The largest absolute Gasteiger partial charge is 0.476 e. The third-order valence-electron chi connectivity index (χ3n) is 5.88. The summed E-state index contributed by atoms with van der Waals surface area (Å²) in [5.41, 5.74) is 1.63. The lowest BCUT2D eigenvalue weighted by molar-refractivity contribution is -0.128. The molecule has 0 spiro atoms. The molecule has 2 heterocycles. The van der Waals surface area contributed by atoms with Crippen molar-refractivity contribution in [2.75, 3.05) is 5.32 Å². The van der Waals surface area contributed by atoms with Gasteiger partial charge in [0.05, 0.1) is 17.4 Å². The number of aromatic carboxylic acids is 1. The molecule has 0 aliphatic heterocycles. The number of carbonyl (C=O) groups excluding carboxylic acids is 3. The van der Waals surface area contributed by atoms with Gasteiger partial charge in [0, 0.05) is 18.8 Å². The van der Waals surface area contributed by atoms with Gasteiger partial charge in [-0.2, -0.15) is 0 Å². The third kappa shape index (κ3) is 7.66. The number of benzene rings is 2. The molecule has 0 saturated carbocycles. The second-order valence-corrected chi connectivity index (χ2v) is 11.1. The molecule has 4 aromatic rings. The lowest BCUT2D eigenvalue weighted by atomic mass is 10.0. The first kappa shape index (κ1) is 29.2. The number of anilines is 1. The van der Waals surface area contributed by atoms with E-state index < -0.39 is 41.6 Å². The Morgan fingerprint density at radius 1 is 1.05 bits per heavy atom. The number of imidazole rings is 1. The number of amides is 3. The quantitative estimate of drug-likeness (QED) is 0.234. The number of nitrogens with one attached hydrogen (secondary N) is 3. The highest BCUT2D eigenvalue weighted by atomic mass is 32.1.